The van der Waals surface area contributed by atoms with Gasteiger partial charge >= 0.3 is 0 Å². The van der Waals surface area contributed by atoms with E-state index in [-0.39, 0.29) is 11.7 Å². The topological polar surface area (TPSA) is 74.2 Å². The molecule has 0 bridgehead atoms. The van der Waals surface area contributed by atoms with Crippen LogP contribution in [0.4, 0.5) is 0 Å². The average molecular weight is 495 g/mol. The average Bonchev–Trinajstić information content (AvgIpc) is 2.88. The van der Waals surface area contributed by atoms with Gasteiger partial charge in [-0.05, 0) is 78.6 Å². The van der Waals surface area contributed by atoms with Crippen LogP contribution >= 0.6 is 0 Å². The fraction of sp³-hybridized carbons (Fsp3) is 0.500. The normalized spacial score (nSPS) is 29.0. The molecule has 0 aromatic heterocycles. The maximum absolute atomic E-state index is 14.3. The van der Waals surface area contributed by atoms with Crippen molar-refractivity contribution in [1.29, 1.82) is 0 Å². The molecule has 2 fully saturated rings. The maximum Gasteiger partial charge on any atom is 0.165 e. The number of carbonyl (C=O) groups excluding carboxylic acids is 1. The Bertz CT molecular complexity index is 1130. The number of hydrogen-bond acceptors (Lipinski definition) is 6. The number of fused-ring (bicyclic) bond motifs is 1. The predicted molar refractivity (Wildman–Crippen MR) is 140 cm³/mol. The summed E-state index contributed by atoms with van der Waals surface area (Å²) in [7, 11) is 6.46. The van der Waals surface area contributed by atoms with Crippen molar-refractivity contribution in [2.75, 3.05) is 28.4 Å². The van der Waals surface area contributed by atoms with E-state index in [4.69, 9.17) is 18.9 Å². The lowest BCUT2D eigenvalue weighted by Gasteiger charge is -2.56. The molecule has 194 valence electrons. The van der Waals surface area contributed by atoms with Crippen LogP contribution in [0.2, 0.25) is 0 Å². The minimum Gasteiger partial charge on any atom is -0.497 e. The summed E-state index contributed by atoms with van der Waals surface area (Å²) in [6.07, 6.45) is 5.17. The fourth-order valence-corrected chi connectivity index (χ4v) is 6.57. The van der Waals surface area contributed by atoms with E-state index < -0.39 is 16.9 Å². The van der Waals surface area contributed by atoms with Crippen molar-refractivity contribution in [1.82, 2.24) is 0 Å². The first kappa shape index (κ1) is 26.1. The highest BCUT2D eigenvalue weighted by molar-refractivity contribution is 6.04. The van der Waals surface area contributed by atoms with E-state index in [1.165, 1.54) is 0 Å². The number of aliphatic hydroxyl groups is 1. The standard InChI is InChI=1S/C30H38O6/c1-29-18-21(12-19-10-11-24(35-5)25(15-19)36-6)28(32)30(2,26(29)8-7-9-27(29)31)17-20-13-22(33-3)16-23(14-20)34-4/h10-16,26-27,31H,7-9,17-18H2,1-6H3/b21-12+/t26?,27-,29-,30?/m0/s1. The molecule has 1 N–H and O–H groups in total. The molecule has 4 rings (SSSR count). The van der Waals surface area contributed by atoms with Crippen LogP contribution in [0.25, 0.3) is 6.08 Å². The van der Waals surface area contributed by atoms with Crippen molar-refractivity contribution in [3.05, 3.63) is 53.1 Å². The highest BCUT2D eigenvalue weighted by Crippen LogP contribution is 2.59. The van der Waals surface area contributed by atoms with Gasteiger partial charge in [0.05, 0.1) is 34.5 Å². The zero-order valence-corrected chi connectivity index (χ0v) is 22.2. The molecule has 0 aliphatic heterocycles. The lowest BCUT2D eigenvalue weighted by molar-refractivity contribution is -0.148. The zero-order chi connectivity index (χ0) is 26.1. The number of ketones is 1. The van der Waals surface area contributed by atoms with Gasteiger partial charge in [0.1, 0.15) is 11.5 Å². The van der Waals surface area contributed by atoms with E-state index in [2.05, 4.69) is 13.8 Å². The number of hydrogen-bond donors (Lipinski definition) is 1. The molecular weight excluding hydrogens is 456 g/mol. The van der Waals surface area contributed by atoms with Gasteiger partial charge in [0.15, 0.2) is 17.3 Å². The summed E-state index contributed by atoms with van der Waals surface area (Å²) in [4.78, 5) is 14.3. The van der Waals surface area contributed by atoms with Crippen molar-refractivity contribution in [3.8, 4) is 23.0 Å². The molecular formula is C30H38O6. The van der Waals surface area contributed by atoms with Gasteiger partial charge < -0.3 is 24.1 Å². The largest absolute Gasteiger partial charge is 0.497 e. The van der Waals surface area contributed by atoms with E-state index in [0.717, 1.165) is 36.0 Å². The predicted octanol–water partition coefficient (Wildman–Crippen LogP) is 5.49. The Morgan fingerprint density at radius 1 is 0.917 bits per heavy atom. The van der Waals surface area contributed by atoms with Gasteiger partial charge in [-0.1, -0.05) is 26.3 Å². The van der Waals surface area contributed by atoms with E-state index in [9.17, 15) is 9.90 Å². The molecule has 0 spiro atoms. The summed E-state index contributed by atoms with van der Waals surface area (Å²) in [5.41, 5.74) is 1.50. The lowest BCUT2D eigenvalue weighted by atomic mass is 9.47. The second-order valence-electron chi connectivity index (χ2n) is 10.6. The molecule has 2 unspecified atom stereocenters. The summed E-state index contributed by atoms with van der Waals surface area (Å²) in [5, 5.41) is 11.2. The molecule has 2 aromatic rings. The van der Waals surface area contributed by atoms with Crippen LogP contribution in [0.5, 0.6) is 23.0 Å². The Labute approximate surface area is 214 Å². The molecule has 6 nitrogen and oxygen atoms in total. The number of ether oxygens (including phenoxy) is 4. The Kier molecular flexibility index (Phi) is 7.37. The Balaban J connectivity index is 1.80. The Hall–Kier alpha value is -2.99. The van der Waals surface area contributed by atoms with Crippen LogP contribution in [0.3, 0.4) is 0 Å². The SMILES string of the molecule is COc1cc(CC2(C)C(=O)/C(=C/c3ccc(OC)c(OC)c3)C[C@@]3(C)C2CCC[C@@H]3O)cc(OC)c1. The number of aliphatic hydroxyl groups excluding tert-OH is 1. The molecule has 6 heteroatoms. The molecule has 0 saturated heterocycles. The monoisotopic (exact) mass is 494 g/mol. The molecule has 2 aromatic carbocycles. The molecule has 4 atom stereocenters. The van der Waals surface area contributed by atoms with E-state index in [0.29, 0.717) is 35.8 Å². The van der Waals surface area contributed by atoms with Crippen molar-refractivity contribution < 1.29 is 28.8 Å². The molecule has 2 aliphatic carbocycles. The van der Waals surface area contributed by atoms with Gasteiger partial charge in [-0.15, -0.1) is 0 Å². The van der Waals surface area contributed by atoms with Gasteiger partial charge in [-0.25, -0.2) is 0 Å². The van der Waals surface area contributed by atoms with Gasteiger partial charge in [-0.2, -0.15) is 0 Å². The van der Waals surface area contributed by atoms with Crippen LogP contribution in [0.15, 0.2) is 42.0 Å². The van der Waals surface area contributed by atoms with E-state index in [1.54, 1.807) is 28.4 Å². The minimum absolute atomic E-state index is 0.0565. The van der Waals surface area contributed by atoms with Crippen molar-refractivity contribution in [2.45, 2.75) is 52.1 Å². The minimum atomic E-state index is -0.686. The Morgan fingerprint density at radius 2 is 1.58 bits per heavy atom. The quantitative estimate of drug-likeness (QED) is 0.513. The number of benzene rings is 2. The number of allylic oxidation sites excluding steroid dienone is 1. The van der Waals surface area contributed by atoms with Gasteiger partial charge in [0, 0.05) is 16.9 Å². The second kappa shape index (κ2) is 10.2. The van der Waals surface area contributed by atoms with Gasteiger partial charge in [0.25, 0.3) is 0 Å². The maximum atomic E-state index is 14.3. The first-order valence-corrected chi connectivity index (χ1v) is 12.6. The van der Waals surface area contributed by atoms with Gasteiger partial charge in [0.2, 0.25) is 0 Å². The highest BCUT2D eigenvalue weighted by atomic mass is 16.5. The summed E-state index contributed by atoms with van der Waals surface area (Å²) in [6, 6.07) is 11.5. The van der Waals surface area contributed by atoms with Crippen molar-refractivity contribution >= 4 is 11.9 Å². The third-order valence-electron chi connectivity index (χ3n) is 8.41. The first-order valence-electron chi connectivity index (χ1n) is 12.6. The van der Waals surface area contributed by atoms with E-state index in [1.807, 2.05) is 42.5 Å². The first-order chi connectivity index (χ1) is 17.2. The second-order valence-corrected chi connectivity index (χ2v) is 10.6. The Morgan fingerprint density at radius 3 is 2.19 bits per heavy atom. The third kappa shape index (κ3) is 4.59. The van der Waals surface area contributed by atoms with Crippen molar-refractivity contribution in [3.63, 3.8) is 0 Å². The van der Waals surface area contributed by atoms with Gasteiger partial charge in [-0.3, -0.25) is 4.79 Å². The molecule has 2 aliphatic rings. The number of Topliss-reactive ketones (excluding diaryl/α,β-unsaturated/α-hetero) is 1. The molecule has 0 heterocycles. The molecule has 0 radical (unpaired) electrons. The summed E-state index contributed by atoms with van der Waals surface area (Å²) >= 11 is 0. The van der Waals surface area contributed by atoms with Crippen molar-refractivity contribution in [2.24, 2.45) is 16.7 Å². The third-order valence-corrected chi connectivity index (χ3v) is 8.41. The van der Waals surface area contributed by atoms with Crippen LogP contribution in [0, 0.1) is 16.7 Å². The smallest absolute Gasteiger partial charge is 0.165 e. The van der Waals surface area contributed by atoms with Crippen LogP contribution in [0.1, 0.15) is 50.7 Å². The van der Waals surface area contributed by atoms with E-state index >= 15 is 0 Å². The number of methoxy groups -OCH3 is 4. The summed E-state index contributed by atoms with van der Waals surface area (Å²) in [6.45, 7) is 4.23. The summed E-state index contributed by atoms with van der Waals surface area (Å²) < 4.78 is 21.8. The molecule has 36 heavy (non-hydrogen) atoms. The lowest BCUT2D eigenvalue weighted by Crippen LogP contribution is -2.57. The number of carbonyl (C=O) groups is 1. The number of rotatable bonds is 7. The van der Waals surface area contributed by atoms with Crippen LogP contribution < -0.4 is 18.9 Å². The van der Waals surface area contributed by atoms with Crippen LogP contribution in [-0.4, -0.2) is 45.4 Å². The highest BCUT2D eigenvalue weighted by Gasteiger charge is 2.58. The molecule has 2 saturated carbocycles. The summed E-state index contributed by atoms with van der Waals surface area (Å²) in [5.74, 6) is 2.84. The zero-order valence-electron chi connectivity index (χ0n) is 22.2. The van der Waals surface area contributed by atoms with Crippen LogP contribution in [-0.2, 0) is 11.2 Å². The fourth-order valence-electron chi connectivity index (χ4n) is 6.57. The molecule has 0 amide bonds.